The standard InChI is InChI=1S/C16H27N3O3S/c1-5-23(21,22)19(4)12-8-11-17-16(20)18(3)13-15-10-7-6-9-14(15)2/h6-7,9-10H,5,8,11-13H2,1-4H3,(H,17,20). The van der Waals surface area contributed by atoms with E-state index in [4.69, 9.17) is 0 Å². The maximum atomic E-state index is 12.0. The van der Waals surface area contributed by atoms with Gasteiger partial charge in [-0.1, -0.05) is 24.3 Å². The zero-order valence-electron chi connectivity index (χ0n) is 14.4. The van der Waals surface area contributed by atoms with E-state index in [0.717, 1.165) is 11.1 Å². The van der Waals surface area contributed by atoms with E-state index < -0.39 is 10.0 Å². The lowest BCUT2D eigenvalue weighted by molar-refractivity contribution is 0.206. The molecule has 0 radical (unpaired) electrons. The molecule has 130 valence electrons. The van der Waals surface area contributed by atoms with E-state index >= 15 is 0 Å². The van der Waals surface area contributed by atoms with E-state index in [1.54, 1.807) is 25.9 Å². The average molecular weight is 341 g/mol. The number of hydrogen-bond acceptors (Lipinski definition) is 3. The number of urea groups is 1. The van der Waals surface area contributed by atoms with Gasteiger partial charge in [-0.15, -0.1) is 0 Å². The lowest BCUT2D eigenvalue weighted by Crippen LogP contribution is -2.38. The van der Waals surface area contributed by atoms with Gasteiger partial charge < -0.3 is 10.2 Å². The van der Waals surface area contributed by atoms with Gasteiger partial charge >= 0.3 is 6.03 Å². The van der Waals surface area contributed by atoms with Crippen LogP contribution in [0.15, 0.2) is 24.3 Å². The number of amides is 2. The number of carbonyl (C=O) groups is 1. The minimum atomic E-state index is -3.15. The molecule has 1 N–H and O–H groups in total. The van der Waals surface area contributed by atoms with Crippen molar-refractivity contribution in [2.75, 3.05) is 32.9 Å². The third kappa shape index (κ3) is 6.19. The highest BCUT2D eigenvalue weighted by Gasteiger charge is 2.14. The first-order valence-corrected chi connectivity index (χ1v) is 9.36. The number of carbonyl (C=O) groups excluding carboxylic acids is 1. The van der Waals surface area contributed by atoms with Crippen LogP contribution in [0.1, 0.15) is 24.5 Å². The van der Waals surface area contributed by atoms with Crippen molar-refractivity contribution in [2.45, 2.75) is 26.8 Å². The summed E-state index contributed by atoms with van der Waals surface area (Å²) in [5, 5.41) is 2.81. The van der Waals surface area contributed by atoms with Crippen molar-refractivity contribution in [2.24, 2.45) is 0 Å². The molecule has 0 unspecified atom stereocenters. The lowest BCUT2D eigenvalue weighted by atomic mass is 10.1. The molecule has 0 aromatic heterocycles. The van der Waals surface area contributed by atoms with Crippen LogP contribution in [0.3, 0.4) is 0 Å². The summed E-state index contributed by atoms with van der Waals surface area (Å²) in [5.74, 6) is 0.0923. The van der Waals surface area contributed by atoms with Gasteiger partial charge in [-0.25, -0.2) is 17.5 Å². The fourth-order valence-corrected chi connectivity index (χ4v) is 2.95. The first-order chi connectivity index (χ1) is 10.8. The van der Waals surface area contributed by atoms with E-state index in [9.17, 15) is 13.2 Å². The molecule has 0 atom stereocenters. The molecule has 0 saturated carbocycles. The highest BCUT2D eigenvalue weighted by molar-refractivity contribution is 7.89. The molecule has 0 saturated heterocycles. The molecule has 1 aromatic carbocycles. The number of aryl methyl sites for hydroxylation is 1. The summed E-state index contributed by atoms with van der Waals surface area (Å²) >= 11 is 0. The average Bonchev–Trinajstić information content (AvgIpc) is 2.53. The molecule has 1 rings (SSSR count). The van der Waals surface area contributed by atoms with Gasteiger partial charge in [0.15, 0.2) is 0 Å². The molecule has 0 aliphatic rings. The van der Waals surface area contributed by atoms with Crippen LogP contribution in [0.4, 0.5) is 4.79 Å². The van der Waals surface area contributed by atoms with Gasteiger partial charge in [-0.05, 0) is 31.4 Å². The van der Waals surface area contributed by atoms with Gasteiger partial charge in [0, 0.05) is 33.7 Å². The Hall–Kier alpha value is -1.60. The Morgan fingerprint density at radius 1 is 1.22 bits per heavy atom. The minimum Gasteiger partial charge on any atom is -0.338 e. The largest absolute Gasteiger partial charge is 0.338 e. The summed E-state index contributed by atoms with van der Waals surface area (Å²) in [7, 11) is 0.155. The molecule has 0 spiro atoms. The Balaban J connectivity index is 2.35. The molecule has 1 aromatic rings. The molecule has 0 aliphatic carbocycles. The molecule has 0 fully saturated rings. The van der Waals surface area contributed by atoms with Crippen molar-refractivity contribution in [1.82, 2.24) is 14.5 Å². The van der Waals surface area contributed by atoms with Crippen molar-refractivity contribution >= 4 is 16.1 Å². The topological polar surface area (TPSA) is 69.7 Å². The number of nitrogens with zero attached hydrogens (tertiary/aromatic N) is 2. The number of benzene rings is 1. The van der Waals surface area contributed by atoms with Crippen molar-refractivity contribution in [3.63, 3.8) is 0 Å². The zero-order valence-corrected chi connectivity index (χ0v) is 15.2. The van der Waals surface area contributed by atoms with Crippen molar-refractivity contribution in [3.05, 3.63) is 35.4 Å². The first kappa shape index (κ1) is 19.4. The van der Waals surface area contributed by atoms with E-state index in [1.807, 2.05) is 31.2 Å². The second kappa shape index (κ2) is 8.88. The Labute approximate surface area is 139 Å². The molecular weight excluding hydrogens is 314 g/mol. The van der Waals surface area contributed by atoms with E-state index in [-0.39, 0.29) is 11.8 Å². The van der Waals surface area contributed by atoms with Gasteiger partial charge in [0.05, 0.1) is 5.75 Å². The maximum absolute atomic E-state index is 12.0. The van der Waals surface area contributed by atoms with E-state index in [1.165, 1.54) is 4.31 Å². The second-order valence-corrected chi connectivity index (χ2v) is 7.95. The number of sulfonamides is 1. The van der Waals surface area contributed by atoms with Crippen LogP contribution in [0.5, 0.6) is 0 Å². The first-order valence-electron chi connectivity index (χ1n) is 7.75. The number of rotatable bonds is 8. The van der Waals surface area contributed by atoms with Crippen LogP contribution in [0.2, 0.25) is 0 Å². The van der Waals surface area contributed by atoms with Gasteiger partial charge in [0.1, 0.15) is 0 Å². The van der Waals surface area contributed by atoms with E-state index in [0.29, 0.717) is 26.1 Å². The van der Waals surface area contributed by atoms with Crippen LogP contribution < -0.4 is 5.32 Å². The Bertz CT molecular complexity index is 617. The summed E-state index contributed by atoms with van der Waals surface area (Å²) in [5.41, 5.74) is 2.26. The minimum absolute atomic E-state index is 0.0923. The summed E-state index contributed by atoms with van der Waals surface area (Å²) < 4.78 is 24.5. The molecule has 6 nitrogen and oxygen atoms in total. The third-order valence-electron chi connectivity index (χ3n) is 3.78. The van der Waals surface area contributed by atoms with Crippen molar-refractivity contribution < 1.29 is 13.2 Å². The summed E-state index contributed by atoms with van der Waals surface area (Å²) in [4.78, 5) is 13.7. The van der Waals surface area contributed by atoms with Crippen LogP contribution in [0.25, 0.3) is 0 Å². The van der Waals surface area contributed by atoms with Gasteiger partial charge in [-0.3, -0.25) is 0 Å². The lowest BCUT2D eigenvalue weighted by Gasteiger charge is -2.20. The predicted molar refractivity (Wildman–Crippen MR) is 92.8 cm³/mol. The summed E-state index contributed by atoms with van der Waals surface area (Å²) in [6.45, 7) is 5.03. The normalized spacial score (nSPS) is 11.5. The second-order valence-electron chi connectivity index (χ2n) is 5.59. The fourth-order valence-electron chi connectivity index (χ4n) is 2.11. The molecule has 7 heteroatoms. The molecule has 0 heterocycles. The highest BCUT2D eigenvalue weighted by atomic mass is 32.2. The van der Waals surface area contributed by atoms with Crippen molar-refractivity contribution in [1.29, 1.82) is 0 Å². The van der Waals surface area contributed by atoms with Gasteiger partial charge in [-0.2, -0.15) is 0 Å². The molecular formula is C16H27N3O3S. The Kier molecular flexibility index (Phi) is 7.51. The van der Waals surface area contributed by atoms with Crippen LogP contribution in [0, 0.1) is 6.92 Å². The number of nitrogens with one attached hydrogen (secondary N) is 1. The fraction of sp³-hybridized carbons (Fsp3) is 0.562. The summed E-state index contributed by atoms with van der Waals surface area (Å²) in [6.07, 6.45) is 0.583. The Morgan fingerprint density at radius 3 is 2.48 bits per heavy atom. The molecule has 0 bridgehead atoms. The van der Waals surface area contributed by atoms with E-state index in [2.05, 4.69) is 5.32 Å². The highest BCUT2D eigenvalue weighted by Crippen LogP contribution is 2.09. The SMILES string of the molecule is CCS(=O)(=O)N(C)CCCNC(=O)N(C)Cc1ccccc1C. The third-order valence-corrected chi connectivity index (χ3v) is 5.64. The summed E-state index contributed by atoms with van der Waals surface area (Å²) in [6, 6.07) is 7.79. The van der Waals surface area contributed by atoms with Crippen LogP contribution in [-0.2, 0) is 16.6 Å². The molecule has 0 aliphatic heterocycles. The Morgan fingerprint density at radius 2 is 1.87 bits per heavy atom. The van der Waals surface area contributed by atoms with Gasteiger partial charge in [0.25, 0.3) is 0 Å². The number of hydrogen-bond donors (Lipinski definition) is 1. The maximum Gasteiger partial charge on any atom is 0.317 e. The molecule has 23 heavy (non-hydrogen) atoms. The van der Waals surface area contributed by atoms with Crippen LogP contribution in [-0.4, -0.2) is 56.6 Å². The smallest absolute Gasteiger partial charge is 0.317 e. The van der Waals surface area contributed by atoms with Crippen molar-refractivity contribution in [3.8, 4) is 0 Å². The predicted octanol–water partition coefficient (Wildman–Crippen LogP) is 1.81. The quantitative estimate of drug-likeness (QED) is 0.733. The molecule has 2 amide bonds. The van der Waals surface area contributed by atoms with Crippen LogP contribution >= 0.6 is 0 Å². The zero-order chi connectivity index (χ0) is 17.5. The van der Waals surface area contributed by atoms with Gasteiger partial charge in [0.2, 0.25) is 10.0 Å². The monoisotopic (exact) mass is 341 g/mol.